The van der Waals surface area contributed by atoms with Crippen molar-refractivity contribution in [2.75, 3.05) is 7.11 Å². The van der Waals surface area contributed by atoms with Gasteiger partial charge >= 0.3 is 5.97 Å². The van der Waals surface area contributed by atoms with Crippen LogP contribution in [0.3, 0.4) is 0 Å². The highest BCUT2D eigenvalue weighted by Gasteiger charge is 2.36. The highest BCUT2D eigenvalue weighted by atomic mass is 19.1. The monoisotopic (exact) mass is 364 g/mol. The van der Waals surface area contributed by atoms with Gasteiger partial charge in [0.25, 0.3) is 0 Å². The van der Waals surface area contributed by atoms with E-state index in [1.807, 2.05) is 6.07 Å². The van der Waals surface area contributed by atoms with Gasteiger partial charge in [-0.2, -0.15) is 0 Å². The maximum Gasteiger partial charge on any atom is 0.337 e. The largest absolute Gasteiger partial charge is 0.465 e. The topological polar surface area (TPSA) is 26.3 Å². The second kappa shape index (κ2) is 6.85. The van der Waals surface area contributed by atoms with E-state index in [1.165, 1.54) is 30.4 Å². The van der Waals surface area contributed by atoms with Crippen LogP contribution in [0.5, 0.6) is 0 Å². The maximum atomic E-state index is 14.2. The molecule has 0 N–H and O–H groups in total. The van der Waals surface area contributed by atoms with Gasteiger partial charge in [-0.3, -0.25) is 0 Å². The van der Waals surface area contributed by atoms with E-state index in [9.17, 15) is 9.18 Å². The first-order valence-electron chi connectivity index (χ1n) is 9.19. The standard InChI is InChI=1S/C24H25FO2/c1-23(2)12-13-24(3,4)20-14-16(7-11-19(20)23)6-8-17-9-10-18(15-21(17)25)22(26)27-5/h7,9-11,14-15H,12-13H2,1-5H3. The zero-order valence-electron chi connectivity index (χ0n) is 16.6. The molecule has 27 heavy (non-hydrogen) atoms. The molecule has 0 aliphatic heterocycles. The number of methoxy groups -OCH3 is 1. The lowest BCUT2D eigenvalue weighted by molar-refractivity contribution is 0.0600. The number of hydrogen-bond acceptors (Lipinski definition) is 2. The van der Waals surface area contributed by atoms with Crippen molar-refractivity contribution in [1.29, 1.82) is 0 Å². The fraction of sp³-hybridized carbons (Fsp3) is 0.375. The van der Waals surface area contributed by atoms with Crippen LogP contribution in [-0.4, -0.2) is 13.1 Å². The molecule has 0 spiro atoms. The number of rotatable bonds is 1. The van der Waals surface area contributed by atoms with Crippen LogP contribution in [0.15, 0.2) is 36.4 Å². The fourth-order valence-electron chi connectivity index (χ4n) is 3.67. The normalized spacial score (nSPS) is 16.7. The molecule has 0 fully saturated rings. The number of ether oxygens (including phenoxy) is 1. The number of benzene rings is 2. The number of fused-ring (bicyclic) bond motifs is 1. The first-order valence-corrected chi connectivity index (χ1v) is 9.19. The lowest BCUT2D eigenvalue weighted by Gasteiger charge is -2.41. The van der Waals surface area contributed by atoms with Crippen LogP contribution in [0.4, 0.5) is 4.39 Å². The fourth-order valence-corrected chi connectivity index (χ4v) is 3.67. The Kier molecular flexibility index (Phi) is 4.86. The summed E-state index contributed by atoms with van der Waals surface area (Å²) in [5, 5.41) is 0. The Bertz CT molecular complexity index is 958. The van der Waals surface area contributed by atoms with Gasteiger partial charge in [-0.25, -0.2) is 9.18 Å². The lowest BCUT2D eigenvalue weighted by atomic mass is 9.63. The molecule has 1 aliphatic rings. The molecule has 0 amide bonds. The Morgan fingerprint density at radius 3 is 2.26 bits per heavy atom. The molecular formula is C24H25FO2. The molecule has 140 valence electrons. The number of esters is 1. The maximum absolute atomic E-state index is 14.2. The molecule has 2 aromatic rings. The van der Waals surface area contributed by atoms with Crippen molar-refractivity contribution in [1.82, 2.24) is 0 Å². The van der Waals surface area contributed by atoms with Crippen molar-refractivity contribution in [3.8, 4) is 11.8 Å². The Hall–Kier alpha value is -2.60. The molecule has 1 aliphatic carbocycles. The van der Waals surface area contributed by atoms with E-state index in [1.54, 1.807) is 0 Å². The summed E-state index contributed by atoms with van der Waals surface area (Å²) < 4.78 is 18.8. The van der Waals surface area contributed by atoms with E-state index in [-0.39, 0.29) is 22.0 Å². The highest BCUT2D eigenvalue weighted by molar-refractivity contribution is 5.89. The Labute approximate surface area is 160 Å². The Morgan fingerprint density at radius 1 is 0.963 bits per heavy atom. The number of hydrogen-bond donors (Lipinski definition) is 0. The SMILES string of the molecule is COC(=O)c1ccc(C#Cc2ccc3c(c2)C(C)(C)CCC3(C)C)c(F)c1. The second-order valence-corrected chi connectivity index (χ2v) is 8.46. The van der Waals surface area contributed by atoms with Gasteiger partial charge < -0.3 is 4.74 Å². The van der Waals surface area contributed by atoms with Crippen molar-refractivity contribution < 1.29 is 13.9 Å². The molecule has 0 bridgehead atoms. The Balaban J connectivity index is 1.96. The summed E-state index contributed by atoms with van der Waals surface area (Å²) in [7, 11) is 1.27. The second-order valence-electron chi connectivity index (χ2n) is 8.46. The van der Waals surface area contributed by atoms with Gasteiger partial charge in [0, 0.05) is 5.56 Å². The molecule has 2 aromatic carbocycles. The van der Waals surface area contributed by atoms with Crippen LogP contribution in [0.2, 0.25) is 0 Å². The third-order valence-electron chi connectivity index (χ3n) is 5.58. The summed E-state index contributed by atoms with van der Waals surface area (Å²) >= 11 is 0. The number of carbonyl (C=O) groups is 1. The quantitative estimate of drug-likeness (QED) is 0.503. The molecule has 3 rings (SSSR count). The molecule has 3 heteroatoms. The van der Waals surface area contributed by atoms with E-state index in [0.717, 1.165) is 24.5 Å². The van der Waals surface area contributed by atoms with Gasteiger partial charge in [0.15, 0.2) is 0 Å². The van der Waals surface area contributed by atoms with Crippen LogP contribution in [-0.2, 0) is 15.6 Å². The van der Waals surface area contributed by atoms with E-state index in [0.29, 0.717) is 0 Å². The van der Waals surface area contributed by atoms with Crippen molar-refractivity contribution in [3.05, 3.63) is 70.0 Å². The van der Waals surface area contributed by atoms with Crippen LogP contribution >= 0.6 is 0 Å². The third-order valence-corrected chi connectivity index (χ3v) is 5.58. The van der Waals surface area contributed by atoms with E-state index in [2.05, 4.69) is 56.4 Å². The van der Waals surface area contributed by atoms with Crippen LogP contribution < -0.4 is 0 Å². The van der Waals surface area contributed by atoms with Crippen molar-refractivity contribution in [2.45, 2.75) is 51.4 Å². The van der Waals surface area contributed by atoms with E-state index in [4.69, 9.17) is 0 Å². The van der Waals surface area contributed by atoms with Crippen molar-refractivity contribution >= 4 is 5.97 Å². The molecule has 0 unspecified atom stereocenters. The zero-order chi connectivity index (χ0) is 19.8. The van der Waals surface area contributed by atoms with Gasteiger partial charge in [-0.15, -0.1) is 0 Å². The molecule has 0 aromatic heterocycles. The van der Waals surface area contributed by atoms with Crippen LogP contribution in [0, 0.1) is 17.7 Å². The zero-order valence-corrected chi connectivity index (χ0v) is 16.6. The van der Waals surface area contributed by atoms with E-state index < -0.39 is 11.8 Å². The minimum atomic E-state index is -0.562. The molecule has 2 nitrogen and oxygen atoms in total. The smallest absolute Gasteiger partial charge is 0.337 e. The van der Waals surface area contributed by atoms with Gasteiger partial charge in [0.2, 0.25) is 0 Å². The minimum Gasteiger partial charge on any atom is -0.465 e. The molecule has 0 radical (unpaired) electrons. The number of carbonyl (C=O) groups excluding carboxylic acids is 1. The number of halogens is 1. The van der Waals surface area contributed by atoms with Crippen molar-refractivity contribution in [2.24, 2.45) is 0 Å². The highest BCUT2D eigenvalue weighted by Crippen LogP contribution is 2.45. The van der Waals surface area contributed by atoms with Gasteiger partial charge in [-0.05, 0) is 65.1 Å². The summed E-state index contributed by atoms with van der Waals surface area (Å²) in [5.74, 6) is 4.88. The van der Waals surface area contributed by atoms with Gasteiger partial charge in [0.05, 0.1) is 18.2 Å². The minimum absolute atomic E-state index is 0.107. The predicted octanol–water partition coefficient (Wildman–Crippen LogP) is 5.36. The van der Waals surface area contributed by atoms with Crippen LogP contribution in [0.1, 0.15) is 73.1 Å². The van der Waals surface area contributed by atoms with E-state index >= 15 is 0 Å². The summed E-state index contributed by atoms with van der Waals surface area (Å²) in [6, 6.07) is 10.5. The summed E-state index contributed by atoms with van der Waals surface area (Å²) in [6.07, 6.45) is 2.29. The third kappa shape index (κ3) is 3.76. The van der Waals surface area contributed by atoms with Gasteiger partial charge in [0.1, 0.15) is 5.82 Å². The average Bonchev–Trinajstić information content (AvgIpc) is 2.64. The lowest BCUT2D eigenvalue weighted by Crippen LogP contribution is -2.33. The summed E-state index contributed by atoms with van der Waals surface area (Å²) in [6.45, 7) is 9.10. The molecular weight excluding hydrogens is 339 g/mol. The van der Waals surface area contributed by atoms with Crippen LogP contribution in [0.25, 0.3) is 0 Å². The first kappa shape index (κ1) is 19.2. The molecule has 0 saturated heterocycles. The predicted molar refractivity (Wildman–Crippen MR) is 105 cm³/mol. The Morgan fingerprint density at radius 2 is 1.63 bits per heavy atom. The summed E-state index contributed by atoms with van der Waals surface area (Å²) in [5.41, 5.74) is 4.28. The summed E-state index contributed by atoms with van der Waals surface area (Å²) in [4.78, 5) is 11.5. The first-order chi connectivity index (χ1) is 12.6. The molecule has 0 atom stereocenters. The molecule has 0 saturated carbocycles. The molecule has 0 heterocycles. The van der Waals surface area contributed by atoms with Gasteiger partial charge in [-0.1, -0.05) is 45.6 Å². The van der Waals surface area contributed by atoms with Crippen molar-refractivity contribution in [3.63, 3.8) is 0 Å². The average molecular weight is 364 g/mol.